The lowest BCUT2D eigenvalue weighted by atomic mass is 10.1. The topological polar surface area (TPSA) is 67.2 Å². The van der Waals surface area contributed by atoms with Crippen molar-refractivity contribution in [3.8, 4) is 0 Å². The number of carbonyl (C=O) groups is 1. The van der Waals surface area contributed by atoms with Crippen LogP contribution in [0, 0.1) is 0 Å². The molecule has 138 valence electrons. The van der Waals surface area contributed by atoms with Crippen LogP contribution in [-0.4, -0.2) is 80.4 Å². The van der Waals surface area contributed by atoms with E-state index in [9.17, 15) is 4.79 Å². The lowest BCUT2D eigenvalue weighted by molar-refractivity contribution is 0.0313. The van der Waals surface area contributed by atoms with Gasteiger partial charge < -0.3 is 19.2 Å². The van der Waals surface area contributed by atoms with Crippen molar-refractivity contribution in [2.75, 3.05) is 52.6 Å². The molecule has 0 aromatic carbocycles. The molecular weight excluding hydrogens is 322 g/mol. The molecule has 1 aromatic heterocycles. The largest absolute Gasteiger partial charge is 0.467 e. The second-order valence-electron chi connectivity index (χ2n) is 7.12. The Bertz CT molecular complexity index is 579. The standard InChI is InChI=1S/C18H27N3O4/c22-18(19-16-12-24-13-17(16)21-3-1-2-4-21)14-9-15(25-11-14)10-20-5-7-23-8-6-20/h9,11,16-17H,1-8,10,12-13H2,(H,19,22)/t16-,17-/m1/s1. The molecule has 3 aliphatic rings. The Labute approximate surface area is 148 Å². The monoisotopic (exact) mass is 349 g/mol. The van der Waals surface area contributed by atoms with E-state index in [0.29, 0.717) is 24.8 Å². The number of hydrogen-bond donors (Lipinski definition) is 1. The number of rotatable bonds is 5. The minimum Gasteiger partial charge on any atom is -0.467 e. The van der Waals surface area contributed by atoms with Crippen molar-refractivity contribution in [3.05, 3.63) is 23.7 Å². The lowest BCUT2D eigenvalue weighted by Crippen LogP contribution is -2.50. The predicted molar refractivity (Wildman–Crippen MR) is 91.5 cm³/mol. The van der Waals surface area contributed by atoms with Crippen molar-refractivity contribution < 1.29 is 18.7 Å². The first-order chi connectivity index (χ1) is 12.3. The van der Waals surface area contributed by atoms with E-state index >= 15 is 0 Å². The molecule has 25 heavy (non-hydrogen) atoms. The SMILES string of the molecule is O=C(N[C@@H]1COC[C@H]1N1CCCC1)c1coc(CN2CCOCC2)c1. The molecule has 7 heteroatoms. The van der Waals surface area contributed by atoms with Gasteiger partial charge in [0.15, 0.2) is 0 Å². The average molecular weight is 349 g/mol. The summed E-state index contributed by atoms with van der Waals surface area (Å²) in [6, 6.07) is 2.21. The number of likely N-dealkylation sites (tertiary alicyclic amines) is 1. The molecule has 0 unspecified atom stereocenters. The molecule has 0 saturated carbocycles. The van der Waals surface area contributed by atoms with Gasteiger partial charge in [0.25, 0.3) is 5.91 Å². The van der Waals surface area contributed by atoms with Crippen molar-refractivity contribution in [1.82, 2.24) is 15.1 Å². The summed E-state index contributed by atoms with van der Waals surface area (Å²) in [6.45, 7) is 7.55. The summed E-state index contributed by atoms with van der Waals surface area (Å²) >= 11 is 0. The molecule has 1 amide bonds. The van der Waals surface area contributed by atoms with Gasteiger partial charge in [-0.3, -0.25) is 14.6 Å². The first-order valence-corrected chi connectivity index (χ1v) is 9.30. The van der Waals surface area contributed by atoms with Gasteiger partial charge in [-0.2, -0.15) is 0 Å². The summed E-state index contributed by atoms with van der Waals surface area (Å²) in [5, 5.41) is 3.14. The minimum atomic E-state index is -0.0725. The molecule has 0 aliphatic carbocycles. The minimum absolute atomic E-state index is 0.0585. The summed E-state index contributed by atoms with van der Waals surface area (Å²) < 4.78 is 16.6. The fraction of sp³-hybridized carbons (Fsp3) is 0.722. The summed E-state index contributed by atoms with van der Waals surface area (Å²) in [5.41, 5.74) is 0.593. The maximum atomic E-state index is 12.6. The number of hydrogen-bond acceptors (Lipinski definition) is 6. The molecule has 7 nitrogen and oxygen atoms in total. The Hall–Kier alpha value is -1.41. The molecule has 0 bridgehead atoms. The van der Waals surface area contributed by atoms with E-state index in [1.165, 1.54) is 12.8 Å². The molecule has 0 radical (unpaired) electrons. The van der Waals surface area contributed by atoms with Crippen molar-refractivity contribution in [1.29, 1.82) is 0 Å². The highest BCUT2D eigenvalue weighted by molar-refractivity contribution is 5.94. The zero-order valence-electron chi connectivity index (χ0n) is 14.6. The fourth-order valence-corrected chi connectivity index (χ4v) is 3.93. The number of ether oxygens (including phenoxy) is 2. The highest BCUT2D eigenvalue weighted by Gasteiger charge is 2.35. The average Bonchev–Trinajstić information content (AvgIpc) is 3.37. The smallest absolute Gasteiger partial charge is 0.254 e. The zero-order chi connectivity index (χ0) is 17.1. The quantitative estimate of drug-likeness (QED) is 0.844. The number of nitrogens with zero attached hydrogens (tertiary/aromatic N) is 2. The number of amides is 1. The van der Waals surface area contributed by atoms with E-state index in [4.69, 9.17) is 13.9 Å². The van der Waals surface area contributed by atoms with Crippen LogP contribution >= 0.6 is 0 Å². The molecule has 4 heterocycles. The van der Waals surface area contributed by atoms with Gasteiger partial charge >= 0.3 is 0 Å². The first kappa shape index (κ1) is 17.0. The summed E-state index contributed by atoms with van der Waals surface area (Å²) in [7, 11) is 0. The van der Waals surface area contributed by atoms with Crippen LogP contribution in [0.5, 0.6) is 0 Å². The van der Waals surface area contributed by atoms with E-state index < -0.39 is 0 Å². The van der Waals surface area contributed by atoms with Crippen molar-refractivity contribution in [2.45, 2.75) is 31.5 Å². The van der Waals surface area contributed by atoms with Gasteiger partial charge in [-0.05, 0) is 32.0 Å². The predicted octanol–water partition coefficient (Wildman–Crippen LogP) is 0.705. The lowest BCUT2D eigenvalue weighted by Gasteiger charge is -2.27. The van der Waals surface area contributed by atoms with Crippen LogP contribution < -0.4 is 5.32 Å². The molecule has 1 N–H and O–H groups in total. The van der Waals surface area contributed by atoms with Gasteiger partial charge in [0, 0.05) is 13.1 Å². The second-order valence-corrected chi connectivity index (χ2v) is 7.12. The number of nitrogens with one attached hydrogen (secondary N) is 1. The van der Waals surface area contributed by atoms with Crippen LogP contribution in [0.25, 0.3) is 0 Å². The van der Waals surface area contributed by atoms with E-state index in [-0.39, 0.29) is 11.9 Å². The van der Waals surface area contributed by atoms with Crippen LogP contribution in [0.1, 0.15) is 29.0 Å². The fourth-order valence-electron chi connectivity index (χ4n) is 3.93. The van der Waals surface area contributed by atoms with E-state index in [0.717, 1.165) is 51.7 Å². The Morgan fingerprint density at radius 1 is 1.12 bits per heavy atom. The molecule has 2 atom stereocenters. The highest BCUT2D eigenvalue weighted by Crippen LogP contribution is 2.20. The third-order valence-corrected chi connectivity index (χ3v) is 5.38. The molecule has 3 saturated heterocycles. The third kappa shape index (κ3) is 4.06. The molecule has 3 fully saturated rings. The van der Waals surface area contributed by atoms with Crippen LogP contribution in [0.15, 0.2) is 16.7 Å². The van der Waals surface area contributed by atoms with E-state index in [2.05, 4.69) is 15.1 Å². The van der Waals surface area contributed by atoms with E-state index in [1.807, 2.05) is 6.07 Å². The summed E-state index contributed by atoms with van der Waals surface area (Å²) in [6.07, 6.45) is 4.04. The number of carbonyl (C=O) groups excluding carboxylic acids is 1. The normalized spacial score (nSPS) is 28.5. The zero-order valence-corrected chi connectivity index (χ0v) is 14.6. The van der Waals surface area contributed by atoms with E-state index in [1.54, 1.807) is 6.26 Å². The number of furan rings is 1. The number of morpholine rings is 1. The molecule has 0 spiro atoms. The molecular formula is C18H27N3O4. The van der Waals surface area contributed by atoms with Crippen molar-refractivity contribution in [3.63, 3.8) is 0 Å². The third-order valence-electron chi connectivity index (χ3n) is 5.38. The Morgan fingerprint density at radius 3 is 2.72 bits per heavy atom. The Balaban J connectivity index is 1.33. The van der Waals surface area contributed by atoms with Gasteiger partial charge in [-0.25, -0.2) is 0 Å². The van der Waals surface area contributed by atoms with Crippen LogP contribution in [0.3, 0.4) is 0 Å². The van der Waals surface area contributed by atoms with Gasteiger partial charge in [-0.15, -0.1) is 0 Å². The van der Waals surface area contributed by atoms with Gasteiger partial charge in [0.05, 0.1) is 50.6 Å². The second kappa shape index (κ2) is 7.86. The Morgan fingerprint density at radius 2 is 1.92 bits per heavy atom. The molecule has 1 aromatic rings. The maximum Gasteiger partial charge on any atom is 0.254 e. The summed E-state index contributed by atoms with van der Waals surface area (Å²) in [5.74, 6) is 0.752. The van der Waals surface area contributed by atoms with Crippen LogP contribution in [0.2, 0.25) is 0 Å². The Kier molecular flexibility index (Phi) is 5.36. The summed E-state index contributed by atoms with van der Waals surface area (Å²) in [4.78, 5) is 17.3. The van der Waals surface area contributed by atoms with Gasteiger partial charge in [-0.1, -0.05) is 0 Å². The van der Waals surface area contributed by atoms with Gasteiger partial charge in [0.1, 0.15) is 12.0 Å². The van der Waals surface area contributed by atoms with Gasteiger partial charge in [0.2, 0.25) is 0 Å². The highest BCUT2D eigenvalue weighted by atomic mass is 16.5. The molecule has 3 aliphatic heterocycles. The van der Waals surface area contributed by atoms with Crippen molar-refractivity contribution in [2.24, 2.45) is 0 Å². The van der Waals surface area contributed by atoms with Crippen LogP contribution in [-0.2, 0) is 16.0 Å². The van der Waals surface area contributed by atoms with Crippen molar-refractivity contribution >= 4 is 5.91 Å². The van der Waals surface area contributed by atoms with Crippen LogP contribution in [0.4, 0.5) is 0 Å². The first-order valence-electron chi connectivity index (χ1n) is 9.30. The maximum absolute atomic E-state index is 12.6. The molecule has 4 rings (SSSR count).